The normalized spacial score (nSPS) is 18.3. The topological polar surface area (TPSA) is 23.8 Å². The van der Waals surface area contributed by atoms with Gasteiger partial charge in [-0.1, -0.05) is 30.5 Å². The first kappa shape index (κ1) is 11.4. The molecule has 1 aromatic rings. The minimum absolute atomic E-state index is 0.276. The van der Waals surface area contributed by atoms with Crippen molar-refractivity contribution in [2.75, 3.05) is 0 Å². The fraction of sp³-hybridized carbons (Fsp3) is 0.462. The third-order valence-corrected chi connectivity index (χ3v) is 3.69. The van der Waals surface area contributed by atoms with Crippen LogP contribution in [0.5, 0.6) is 0 Å². The standard InChI is InChI=1S/C13H13ClFN/c14-12-7-11(15)4-3-10(12)8-13(9-16)5-1-2-6-13/h3-4,7H,1-2,5-6,8H2. The van der Waals surface area contributed by atoms with E-state index in [4.69, 9.17) is 11.6 Å². The molecule has 1 saturated carbocycles. The van der Waals surface area contributed by atoms with Crippen LogP contribution in [0, 0.1) is 22.6 Å². The highest BCUT2D eigenvalue weighted by Crippen LogP contribution is 2.41. The lowest BCUT2D eigenvalue weighted by Gasteiger charge is -2.20. The van der Waals surface area contributed by atoms with Crippen molar-refractivity contribution >= 4 is 11.6 Å². The molecule has 2 rings (SSSR count). The Hall–Kier alpha value is -1.07. The molecule has 1 aliphatic rings. The predicted molar refractivity (Wildman–Crippen MR) is 61.6 cm³/mol. The predicted octanol–water partition coefficient (Wildman–Crippen LogP) is 4.11. The molecule has 1 aromatic carbocycles. The van der Waals surface area contributed by atoms with Crippen molar-refractivity contribution in [3.8, 4) is 6.07 Å². The van der Waals surface area contributed by atoms with Crippen molar-refractivity contribution in [3.63, 3.8) is 0 Å². The fourth-order valence-corrected chi connectivity index (χ4v) is 2.64. The van der Waals surface area contributed by atoms with Gasteiger partial charge in [0.15, 0.2) is 0 Å². The van der Waals surface area contributed by atoms with Gasteiger partial charge in [0.2, 0.25) is 0 Å². The highest BCUT2D eigenvalue weighted by atomic mass is 35.5. The molecule has 0 amide bonds. The summed E-state index contributed by atoms with van der Waals surface area (Å²) in [5.41, 5.74) is 0.605. The monoisotopic (exact) mass is 237 g/mol. The lowest BCUT2D eigenvalue weighted by Crippen LogP contribution is -2.17. The highest BCUT2D eigenvalue weighted by molar-refractivity contribution is 6.31. The van der Waals surface area contributed by atoms with Crippen LogP contribution < -0.4 is 0 Å². The van der Waals surface area contributed by atoms with Crippen molar-refractivity contribution in [1.82, 2.24) is 0 Å². The molecule has 1 aliphatic carbocycles. The van der Waals surface area contributed by atoms with E-state index >= 15 is 0 Å². The second-order valence-electron chi connectivity index (χ2n) is 4.51. The zero-order valence-corrected chi connectivity index (χ0v) is 9.73. The molecular formula is C13H13ClFN. The number of hydrogen-bond acceptors (Lipinski definition) is 1. The fourth-order valence-electron chi connectivity index (χ4n) is 2.41. The van der Waals surface area contributed by atoms with Crippen LogP contribution in [0.25, 0.3) is 0 Å². The maximum atomic E-state index is 12.9. The van der Waals surface area contributed by atoms with E-state index in [1.165, 1.54) is 12.1 Å². The van der Waals surface area contributed by atoms with Gasteiger partial charge in [-0.2, -0.15) is 5.26 Å². The van der Waals surface area contributed by atoms with E-state index in [9.17, 15) is 9.65 Å². The lowest BCUT2D eigenvalue weighted by atomic mass is 9.81. The SMILES string of the molecule is N#CC1(Cc2ccc(F)cc2Cl)CCCC1. The smallest absolute Gasteiger partial charge is 0.124 e. The van der Waals surface area contributed by atoms with Crippen LogP contribution in [0.4, 0.5) is 4.39 Å². The average Bonchev–Trinajstić information content (AvgIpc) is 2.72. The van der Waals surface area contributed by atoms with Gasteiger partial charge < -0.3 is 0 Å². The molecule has 1 nitrogen and oxygen atoms in total. The van der Waals surface area contributed by atoms with Crippen LogP contribution >= 0.6 is 11.6 Å². The van der Waals surface area contributed by atoms with E-state index < -0.39 is 0 Å². The second-order valence-corrected chi connectivity index (χ2v) is 4.92. The maximum Gasteiger partial charge on any atom is 0.124 e. The summed E-state index contributed by atoms with van der Waals surface area (Å²) in [5.74, 6) is -0.328. The van der Waals surface area contributed by atoms with Gasteiger partial charge in [-0.3, -0.25) is 0 Å². The molecule has 0 atom stereocenters. The molecule has 0 N–H and O–H groups in total. The summed E-state index contributed by atoms with van der Waals surface area (Å²) in [6.07, 6.45) is 4.70. The van der Waals surface area contributed by atoms with E-state index in [0.29, 0.717) is 11.4 Å². The second kappa shape index (κ2) is 4.43. The summed E-state index contributed by atoms with van der Waals surface area (Å²) in [7, 11) is 0. The highest BCUT2D eigenvalue weighted by Gasteiger charge is 2.34. The van der Waals surface area contributed by atoms with E-state index in [0.717, 1.165) is 31.2 Å². The summed E-state index contributed by atoms with van der Waals surface area (Å²) in [4.78, 5) is 0. The quantitative estimate of drug-likeness (QED) is 0.760. The molecule has 0 spiro atoms. The summed E-state index contributed by atoms with van der Waals surface area (Å²) in [6.45, 7) is 0. The summed E-state index contributed by atoms with van der Waals surface area (Å²) in [5, 5.41) is 9.69. The Labute approximate surface area is 99.8 Å². The molecule has 0 heterocycles. The minimum Gasteiger partial charge on any atom is -0.207 e. The Morgan fingerprint density at radius 3 is 2.62 bits per heavy atom. The molecule has 0 unspecified atom stereocenters. The van der Waals surface area contributed by atoms with Crippen LogP contribution in [-0.2, 0) is 6.42 Å². The van der Waals surface area contributed by atoms with Crippen LogP contribution in [0.2, 0.25) is 5.02 Å². The first-order valence-corrected chi connectivity index (χ1v) is 5.88. The largest absolute Gasteiger partial charge is 0.207 e. The first-order chi connectivity index (χ1) is 7.65. The van der Waals surface area contributed by atoms with Gasteiger partial charge in [0.05, 0.1) is 11.5 Å². The third kappa shape index (κ3) is 2.20. The van der Waals surface area contributed by atoms with Crippen molar-refractivity contribution in [2.24, 2.45) is 5.41 Å². The van der Waals surface area contributed by atoms with Crippen LogP contribution in [0.3, 0.4) is 0 Å². The molecule has 84 valence electrons. The number of halogens is 2. The number of benzene rings is 1. The number of hydrogen-bond donors (Lipinski definition) is 0. The molecule has 16 heavy (non-hydrogen) atoms. The molecule has 3 heteroatoms. The lowest BCUT2D eigenvalue weighted by molar-refractivity contribution is 0.408. The van der Waals surface area contributed by atoms with Gasteiger partial charge in [0, 0.05) is 5.02 Å². The van der Waals surface area contributed by atoms with Crippen molar-refractivity contribution in [3.05, 3.63) is 34.6 Å². The molecule has 0 bridgehead atoms. The molecule has 1 fully saturated rings. The van der Waals surface area contributed by atoms with Crippen LogP contribution in [-0.4, -0.2) is 0 Å². The summed E-state index contributed by atoms with van der Waals surface area (Å²) < 4.78 is 12.9. The van der Waals surface area contributed by atoms with Gasteiger partial charge in [-0.15, -0.1) is 0 Å². The number of rotatable bonds is 2. The summed E-state index contributed by atoms with van der Waals surface area (Å²) >= 11 is 5.98. The number of nitrogens with zero attached hydrogens (tertiary/aromatic N) is 1. The zero-order chi connectivity index (χ0) is 11.6. The van der Waals surface area contributed by atoms with E-state index in [-0.39, 0.29) is 11.2 Å². The molecule has 0 radical (unpaired) electrons. The van der Waals surface area contributed by atoms with Gasteiger partial charge >= 0.3 is 0 Å². The molecule has 0 aliphatic heterocycles. The van der Waals surface area contributed by atoms with Gasteiger partial charge in [-0.05, 0) is 37.0 Å². The van der Waals surface area contributed by atoms with E-state index in [1.807, 2.05) is 0 Å². The van der Waals surface area contributed by atoms with Crippen molar-refractivity contribution in [1.29, 1.82) is 5.26 Å². The van der Waals surface area contributed by atoms with Crippen molar-refractivity contribution < 1.29 is 4.39 Å². The van der Waals surface area contributed by atoms with Crippen LogP contribution in [0.1, 0.15) is 31.2 Å². The van der Waals surface area contributed by atoms with Gasteiger partial charge in [0.1, 0.15) is 5.82 Å². The maximum absolute atomic E-state index is 12.9. The third-order valence-electron chi connectivity index (χ3n) is 3.34. The Kier molecular flexibility index (Phi) is 3.16. The van der Waals surface area contributed by atoms with Crippen LogP contribution in [0.15, 0.2) is 18.2 Å². The van der Waals surface area contributed by atoms with E-state index in [1.54, 1.807) is 6.07 Å². The Morgan fingerprint density at radius 2 is 2.06 bits per heavy atom. The Bertz CT molecular complexity index is 430. The Balaban J connectivity index is 2.23. The summed E-state index contributed by atoms with van der Waals surface area (Å²) in [6, 6.07) is 6.83. The van der Waals surface area contributed by atoms with Crippen molar-refractivity contribution in [2.45, 2.75) is 32.1 Å². The molecule has 0 saturated heterocycles. The minimum atomic E-state index is -0.328. The van der Waals surface area contributed by atoms with Gasteiger partial charge in [-0.25, -0.2) is 4.39 Å². The number of nitriles is 1. The molecule has 0 aromatic heterocycles. The Morgan fingerprint density at radius 1 is 1.38 bits per heavy atom. The zero-order valence-electron chi connectivity index (χ0n) is 8.97. The average molecular weight is 238 g/mol. The van der Waals surface area contributed by atoms with E-state index in [2.05, 4.69) is 6.07 Å². The molecular weight excluding hydrogens is 225 g/mol. The first-order valence-electron chi connectivity index (χ1n) is 5.50. The van der Waals surface area contributed by atoms with Gasteiger partial charge in [0.25, 0.3) is 0 Å².